The van der Waals surface area contributed by atoms with Gasteiger partial charge in [0.1, 0.15) is 12.3 Å². The highest BCUT2D eigenvalue weighted by atomic mass is 35.5. The van der Waals surface area contributed by atoms with Crippen LogP contribution in [0.4, 0.5) is 0 Å². The van der Waals surface area contributed by atoms with Gasteiger partial charge >= 0.3 is 0 Å². The van der Waals surface area contributed by atoms with Crippen molar-refractivity contribution >= 4 is 35.2 Å². The summed E-state index contributed by atoms with van der Waals surface area (Å²) in [7, 11) is 0. The molecule has 0 aromatic heterocycles. The molecule has 0 spiro atoms. The van der Waals surface area contributed by atoms with E-state index in [9.17, 15) is 25.2 Å². The van der Waals surface area contributed by atoms with Gasteiger partial charge in [0.2, 0.25) is 5.75 Å². The smallest absolute Gasteiger partial charge is 0.201 e. The summed E-state index contributed by atoms with van der Waals surface area (Å²) in [6.45, 7) is -0.360. The molecule has 4 N–H and O–H groups in total. The number of hydrogen-bond acceptors (Lipinski definition) is 6. The van der Waals surface area contributed by atoms with Gasteiger partial charge in [-0.05, 0) is 24.3 Å². The maximum atomic E-state index is 12.0. The summed E-state index contributed by atoms with van der Waals surface area (Å²) >= 11 is 11.6. The first kappa shape index (κ1) is 16.9. The van der Waals surface area contributed by atoms with E-state index in [1.165, 1.54) is 18.3 Å². The van der Waals surface area contributed by atoms with Gasteiger partial charge in [-0.3, -0.25) is 9.79 Å². The number of hydrogen-bond donors (Lipinski definition) is 4. The lowest BCUT2D eigenvalue weighted by atomic mass is 10.1. The molecule has 0 aliphatic rings. The van der Waals surface area contributed by atoms with Gasteiger partial charge in [-0.25, -0.2) is 0 Å². The van der Waals surface area contributed by atoms with Crippen molar-refractivity contribution in [2.75, 3.05) is 6.54 Å². The molecule has 2 aromatic carbocycles. The van der Waals surface area contributed by atoms with E-state index in [0.29, 0.717) is 5.02 Å². The third-order valence-corrected chi connectivity index (χ3v) is 3.46. The topological polar surface area (TPSA) is 110 Å². The van der Waals surface area contributed by atoms with E-state index in [1.54, 1.807) is 0 Å². The van der Waals surface area contributed by atoms with E-state index >= 15 is 0 Å². The van der Waals surface area contributed by atoms with Crippen molar-refractivity contribution in [2.45, 2.75) is 0 Å². The number of carbonyl (C=O) groups is 1. The van der Waals surface area contributed by atoms with Gasteiger partial charge in [0.15, 0.2) is 17.3 Å². The Bertz CT molecular complexity index is 805. The van der Waals surface area contributed by atoms with Crippen LogP contribution in [0.2, 0.25) is 10.0 Å². The first-order chi connectivity index (χ1) is 10.8. The third kappa shape index (κ3) is 3.67. The quantitative estimate of drug-likeness (QED) is 0.382. The molecule has 0 aliphatic heterocycles. The number of halogens is 2. The molecule has 6 nitrogen and oxygen atoms in total. The monoisotopic (exact) mass is 355 g/mol. The van der Waals surface area contributed by atoms with E-state index in [1.807, 2.05) is 0 Å². The predicted molar refractivity (Wildman–Crippen MR) is 86.4 cm³/mol. The van der Waals surface area contributed by atoms with Crippen LogP contribution < -0.4 is 0 Å². The molecule has 8 heteroatoms. The van der Waals surface area contributed by atoms with Gasteiger partial charge < -0.3 is 20.4 Å². The minimum absolute atomic E-state index is 0.0476. The number of phenolic OH excluding ortho intramolecular Hbond substituents is 4. The Morgan fingerprint density at radius 1 is 1.04 bits per heavy atom. The van der Waals surface area contributed by atoms with E-state index < -0.39 is 23.0 Å². The van der Waals surface area contributed by atoms with Crippen LogP contribution in [0.5, 0.6) is 23.0 Å². The average Bonchev–Trinajstić information content (AvgIpc) is 2.49. The number of phenols is 4. The number of ketones is 1. The SMILES string of the molecule is O=C(CN=Cc1cc(Cl)cc(Cl)c1O)c1ccc(O)c(O)c1O. The summed E-state index contributed by atoms with van der Waals surface area (Å²) in [6.07, 6.45) is 1.21. The van der Waals surface area contributed by atoms with Crippen molar-refractivity contribution in [3.63, 3.8) is 0 Å². The molecule has 2 rings (SSSR count). The van der Waals surface area contributed by atoms with Gasteiger partial charge in [-0.15, -0.1) is 0 Å². The van der Waals surface area contributed by atoms with Gasteiger partial charge in [-0.2, -0.15) is 0 Å². The molecule has 0 amide bonds. The van der Waals surface area contributed by atoms with E-state index in [-0.39, 0.29) is 28.4 Å². The lowest BCUT2D eigenvalue weighted by molar-refractivity contribution is 0.0999. The van der Waals surface area contributed by atoms with Crippen LogP contribution in [0.25, 0.3) is 0 Å². The molecule has 0 bridgehead atoms. The van der Waals surface area contributed by atoms with Gasteiger partial charge in [0.05, 0.1) is 10.6 Å². The van der Waals surface area contributed by atoms with E-state index in [2.05, 4.69) is 4.99 Å². The number of aliphatic imine (C=N–C) groups is 1. The molecule has 2 aromatic rings. The van der Waals surface area contributed by atoms with Gasteiger partial charge in [-0.1, -0.05) is 23.2 Å². The highest BCUT2D eigenvalue weighted by Gasteiger charge is 2.16. The van der Waals surface area contributed by atoms with E-state index in [0.717, 1.165) is 12.1 Å². The van der Waals surface area contributed by atoms with Crippen molar-refractivity contribution in [3.05, 3.63) is 45.4 Å². The van der Waals surface area contributed by atoms with Gasteiger partial charge in [0, 0.05) is 16.8 Å². The standard InChI is InChI=1S/C15H11Cl2NO5/c16-8-3-7(13(21)10(17)4-8)5-18-6-12(20)9-1-2-11(19)15(23)14(9)22/h1-5,19,21-23H,6H2. The summed E-state index contributed by atoms with van der Waals surface area (Å²) < 4.78 is 0. The van der Waals surface area contributed by atoms with Crippen LogP contribution in [-0.4, -0.2) is 39.0 Å². The number of aromatic hydroxyl groups is 4. The summed E-state index contributed by atoms with van der Waals surface area (Å²) in [5.74, 6) is -2.86. The molecule has 0 saturated heterocycles. The normalized spacial score (nSPS) is 11.0. The van der Waals surface area contributed by atoms with Crippen molar-refractivity contribution in [1.82, 2.24) is 0 Å². The Kier molecular flexibility index (Phi) is 4.98. The Balaban J connectivity index is 2.18. The minimum Gasteiger partial charge on any atom is -0.506 e. The van der Waals surface area contributed by atoms with Crippen LogP contribution in [0.15, 0.2) is 29.3 Å². The van der Waals surface area contributed by atoms with Crippen LogP contribution in [0.3, 0.4) is 0 Å². The zero-order valence-corrected chi connectivity index (χ0v) is 13.0. The molecule has 0 radical (unpaired) electrons. The lowest BCUT2D eigenvalue weighted by Gasteiger charge is -2.05. The molecular formula is C15H11Cl2NO5. The van der Waals surface area contributed by atoms with Crippen LogP contribution >= 0.6 is 23.2 Å². The molecule has 0 unspecified atom stereocenters. The molecule has 0 heterocycles. The number of nitrogens with zero attached hydrogens (tertiary/aromatic N) is 1. The van der Waals surface area contributed by atoms with Crippen molar-refractivity contribution in [2.24, 2.45) is 4.99 Å². The second-order valence-electron chi connectivity index (χ2n) is 4.55. The first-order valence-electron chi connectivity index (χ1n) is 6.26. The molecule has 23 heavy (non-hydrogen) atoms. The highest BCUT2D eigenvalue weighted by Crippen LogP contribution is 2.37. The fourth-order valence-corrected chi connectivity index (χ4v) is 2.30. The average molecular weight is 356 g/mol. The number of carbonyl (C=O) groups excluding carboxylic acids is 1. The third-order valence-electron chi connectivity index (χ3n) is 2.95. The Labute approximate surface area is 140 Å². The van der Waals surface area contributed by atoms with Gasteiger partial charge in [0.25, 0.3) is 0 Å². The second-order valence-corrected chi connectivity index (χ2v) is 5.39. The molecule has 0 fully saturated rings. The molecule has 0 aliphatic carbocycles. The number of benzene rings is 2. The number of Topliss-reactive ketones (excluding diaryl/α,β-unsaturated/α-hetero) is 1. The molecule has 0 saturated carbocycles. The Morgan fingerprint density at radius 3 is 2.43 bits per heavy atom. The summed E-state index contributed by atoms with van der Waals surface area (Å²) in [5.41, 5.74) is 0.0406. The molecule has 0 atom stereocenters. The van der Waals surface area contributed by atoms with E-state index in [4.69, 9.17) is 23.2 Å². The Hall–Kier alpha value is -2.44. The fourth-order valence-electron chi connectivity index (χ4n) is 1.79. The first-order valence-corrected chi connectivity index (χ1v) is 7.01. The molecular weight excluding hydrogens is 345 g/mol. The minimum atomic E-state index is -0.779. The van der Waals surface area contributed by atoms with Crippen molar-refractivity contribution in [1.29, 1.82) is 0 Å². The highest BCUT2D eigenvalue weighted by molar-refractivity contribution is 6.36. The van der Waals surface area contributed by atoms with Crippen LogP contribution in [0, 0.1) is 0 Å². The summed E-state index contributed by atoms with van der Waals surface area (Å²) in [4.78, 5) is 15.8. The lowest BCUT2D eigenvalue weighted by Crippen LogP contribution is -2.04. The number of rotatable bonds is 4. The summed E-state index contributed by atoms with van der Waals surface area (Å²) in [5, 5.41) is 38.3. The molecule has 120 valence electrons. The Morgan fingerprint density at radius 2 is 1.74 bits per heavy atom. The van der Waals surface area contributed by atoms with Crippen LogP contribution in [0.1, 0.15) is 15.9 Å². The maximum absolute atomic E-state index is 12.0. The summed E-state index contributed by atoms with van der Waals surface area (Å²) in [6, 6.07) is 5.02. The largest absolute Gasteiger partial charge is 0.506 e. The zero-order valence-electron chi connectivity index (χ0n) is 11.5. The fraction of sp³-hybridized carbons (Fsp3) is 0.0667. The van der Waals surface area contributed by atoms with Crippen molar-refractivity contribution < 1.29 is 25.2 Å². The second kappa shape index (κ2) is 6.76. The maximum Gasteiger partial charge on any atom is 0.201 e. The van der Waals surface area contributed by atoms with Crippen LogP contribution in [-0.2, 0) is 0 Å². The predicted octanol–water partition coefficient (Wildman–Crippen LogP) is 3.12. The zero-order chi connectivity index (χ0) is 17.1. The van der Waals surface area contributed by atoms with Crippen molar-refractivity contribution in [3.8, 4) is 23.0 Å².